The molecule has 0 atom stereocenters. The molecule has 0 spiro atoms. The number of carbonyl (C=O) groups is 1. The molecule has 2 aromatic carbocycles. The third kappa shape index (κ3) is 1.36. The maximum Gasteiger partial charge on any atom is 0.338 e. The zero-order chi connectivity index (χ0) is 11.0. The van der Waals surface area contributed by atoms with E-state index in [9.17, 15) is 4.79 Å². The first kappa shape index (κ1) is 9.33. The smallest absolute Gasteiger partial charge is 0.338 e. The van der Waals surface area contributed by atoms with E-state index in [1.165, 1.54) is 6.07 Å². The fraction of sp³-hybridized carbons (Fsp3) is 0. The highest BCUT2D eigenvalue weighted by Gasteiger charge is 2.13. The lowest BCUT2D eigenvalue weighted by Crippen LogP contribution is -2.04. The molecule has 5 N–H and O–H groups in total. The number of carboxylic acid groups (broad SMARTS) is 1. The van der Waals surface area contributed by atoms with Crippen molar-refractivity contribution in [2.45, 2.75) is 0 Å². The number of nitrogen functional groups attached to an aromatic ring is 2. The van der Waals surface area contributed by atoms with Crippen molar-refractivity contribution < 1.29 is 9.90 Å². The van der Waals surface area contributed by atoms with E-state index in [4.69, 9.17) is 16.6 Å². The first-order chi connectivity index (χ1) is 7.11. The van der Waals surface area contributed by atoms with Crippen LogP contribution in [0.5, 0.6) is 0 Å². The first-order valence-electron chi connectivity index (χ1n) is 4.41. The summed E-state index contributed by atoms with van der Waals surface area (Å²) in [5.74, 6) is -1.04. The van der Waals surface area contributed by atoms with Crippen molar-refractivity contribution in [2.24, 2.45) is 0 Å². The van der Waals surface area contributed by atoms with E-state index in [1.54, 1.807) is 24.3 Å². The second kappa shape index (κ2) is 3.16. The van der Waals surface area contributed by atoms with E-state index < -0.39 is 5.97 Å². The molecule has 15 heavy (non-hydrogen) atoms. The molecule has 0 aliphatic heterocycles. The number of nitrogens with two attached hydrogens (primary N) is 2. The Hall–Kier alpha value is -2.23. The fourth-order valence-electron chi connectivity index (χ4n) is 1.66. The topological polar surface area (TPSA) is 89.3 Å². The van der Waals surface area contributed by atoms with Gasteiger partial charge in [0.25, 0.3) is 0 Å². The molecular formula is C11H10N2O2. The quantitative estimate of drug-likeness (QED) is 0.614. The number of hydrogen-bond donors (Lipinski definition) is 3. The van der Waals surface area contributed by atoms with E-state index in [0.29, 0.717) is 16.5 Å². The summed E-state index contributed by atoms with van der Waals surface area (Å²) in [6.45, 7) is 0. The lowest BCUT2D eigenvalue weighted by Gasteiger charge is -2.08. The highest BCUT2D eigenvalue weighted by Crippen LogP contribution is 2.29. The fourth-order valence-corrected chi connectivity index (χ4v) is 1.66. The van der Waals surface area contributed by atoms with Crippen LogP contribution >= 0.6 is 0 Å². The summed E-state index contributed by atoms with van der Waals surface area (Å²) >= 11 is 0. The monoisotopic (exact) mass is 202 g/mol. The van der Waals surface area contributed by atoms with Crippen LogP contribution in [0.25, 0.3) is 10.8 Å². The first-order valence-corrected chi connectivity index (χ1v) is 4.41. The van der Waals surface area contributed by atoms with Crippen molar-refractivity contribution in [3.63, 3.8) is 0 Å². The minimum absolute atomic E-state index is 0.111. The van der Waals surface area contributed by atoms with Gasteiger partial charge in [-0.1, -0.05) is 24.3 Å². The SMILES string of the molecule is Nc1cc(N)c2ccccc2c1C(=O)O. The number of rotatable bonds is 1. The van der Waals surface area contributed by atoms with Crippen LogP contribution in [0.3, 0.4) is 0 Å². The summed E-state index contributed by atoms with van der Waals surface area (Å²) in [7, 11) is 0. The van der Waals surface area contributed by atoms with Crippen LogP contribution in [0, 0.1) is 0 Å². The third-order valence-electron chi connectivity index (χ3n) is 2.32. The number of aromatic carboxylic acids is 1. The van der Waals surface area contributed by atoms with Crippen LogP contribution in [-0.2, 0) is 0 Å². The molecule has 0 bridgehead atoms. The summed E-state index contributed by atoms with van der Waals surface area (Å²) in [5, 5.41) is 10.3. The van der Waals surface area contributed by atoms with Crippen LogP contribution in [0.2, 0.25) is 0 Å². The second-order valence-corrected chi connectivity index (χ2v) is 3.28. The Labute approximate surface area is 86.1 Å². The number of carboxylic acids is 1. The molecule has 0 unspecified atom stereocenters. The molecule has 2 rings (SSSR count). The van der Waals surface area contributed by atoms with Gasteiger partial charge in [-0.25, -0.2) is 4.79 Å². The van der Waals surface area contributed by atoms with E-state index in [2.05, 4.69) is 0 Å². The van der Waals surface area contributed by atoms with Gasteiger partial charge in [0.1, 0.15) is 0 Å². The number of anilines is 2. The van der Waals surface area contributed by atoms with Crippen LogP contribution in [-0.4, -0.2) is 11.1 Å². The average molecular weight is 202 g/mol. The van der Waals surface area contributed by atoms with Gasteiger partial charge in [-0.2, -0.15) is 0 Å². The second-order valence-electron chi connectivity index (χ2n) is 3.28. The predicted molar refractivity (Wildman–Crippen MR) is 59.7 cm³/mol. The van der Waals surface area contributed by atoms with Crippen molar-refractivity contribution >= 4 is 28.1 Å². The van der Waals surface area contributed by atoms with Crippen LogP contribution in [0.4, 0.5) is 11.4 Å². The van der Waals surface area contributed by atoms with Crippen molar-refractivity contribution in [1.82, 2.24) is 0 Å². The lowest BCUT2D eigenvalue weighted by atomic mass is 10.0. The maximum absolute atomic E-state index is 11.0. The Morgan fingerprint density at radius 3 is 2.27 bits per heavy atom. The number of benzene rings is 2. The summed E-state index contributed by atoms with van der Waals surface area (Å²) in [5.41, 5.74) is 12.2. The molecule has 2 aromatic rings. The molecule has 4 heteroatoms. The van der Waals surface area contributed by atoms with Crippen LogP contribution in [0.1, 0.15) is 10.4 Å². The molecule has 0 saturated heterocycles. The Bertz CT molecular complexity index is 550. The molecular weight excluding hydrogens is 192 g/mol. The highest BCUT2D eigenvalue weighted by molar-refractivity contribution is 6.11. The van der Waals surface area contributed by atoms with Crippen LogP contribution in [0.15, 0.2) is 30.3 Å². The predicted octanol–water partition coefficient (Wildman–Crippen LogP) is 1.70. The van der Waals surface area contributed by atoms with Gasteiger partial charge < -0.3 is 16.6 Å². The molecule has 76 valence electrons. The summed E-state index contributed by atoms with van der Waals surface area (Å²) in [4.78, 5) is 11.0. The minimum atomic E-state index is -1.04. The molecule has 0 aliphatic rings. The van der Waals surface area contributed by atoms with Crippen molar-refractivity contribution in [3.8, 4) is 0 Å². The van der Waals surface area contributed by atoms with E-state index in [-0.39, 0.29) is 11.3 Å². The average Bonchev–Trinajstić information content (AvgIpc) is 2.17. The van der Waals surface area contributed by atoms with Gasteiger partial charge in [0.05, 0.1) is 5.56 Å². The Kier molecular flexibility index (Phi) is 1.97. The zero-order valence-electron chi connectivity index (χ0n) is 7.90. The lowest BCUT2D eigenvalue weighted by molar-refractivity contribution is 0.0700. The van der Waals surface area contributed by atoms with Crippen molar-refractivity contribution in [2.75, 3.05) is 11.5 Å². The number of hydrogen-bond acceptors (Lipinski definition) is 3. The molecule has 0 radical (unpaired) electrons. The van der Waals surface area contributed by atoms with Gasteiger partial charge >= 0.3 is 5.97 Å². The summed E-state index contributed by atoms with van der Waals surface area (Å²) < 4.78 is 0. The molecule has 4 nitrogen and oxygen atoms in total. The molecule has 0 saturated carbocycles. The van der Waals surface area contributed by atoms with Gasteiger partial charge in [-0.05, 0) is 6.07 Å². The summed E-state index contributed by atoms with van der Waals surface area (Å²) in [6, 6.07) is 8.52. The maximum atomic E-state index is 11.0. The minimum Gasteiger partial charge on any atom is -0.478 e. The van der Waals surface area contributed by atoms with Gasteiger partial charge in [0.2, 0.25) is 0 Å². The Balaban J connectivity index is 2.96. The van der Waals surface area contributed by atoms with Gasteiger partial charge in [0.15, 0.2) is 0 Å². The highest BCUT2D eigenvalue weighted by atomic mass is 16.4. The zero-order valence-corrected chi connectivity index (χ0v) is 7.90. The third-order valence-corrected chi connectivity index (χ3v) is 2.32. The van der Waals surface area contributed by atoms with Crippen molar-refractivity contribution in [3.05, 3.63) is 35.9 Å². The van der Waals surface area contributed by atoms with Crippen molar-refractivity contribution in [1.29, 1.82) is 0 Å². The molecule has 0 heterocycles. The Morgan fingerprint density at radius 1 is 1.07 bits per heavy atom. The molecule has 0 aliphatic carbocycles. The molecule has 0 fully saturated rings. The normalized spacial score (nSPS) is 10.4. The van der Waals surface area contributed by atoms with E-state index in [1.807, 2.05) is 0 Å². The van der Waals surface area contributed by atoms with Crippen LogP contribution < -0.4 is 11.5 Å². The Morgan fingerprint density at radius 2 is 1.67 bits per heavy atom. The summed E-state index contributed by atoms with van der Waals surface area (Å²) in [6.07, 6.45) is 0. The van der Waals surface area contributed by atoms with Gasteiger partial charge in [-0.3, -0.25) is 0 Å². The largest absolute Gasteiger partial charge is 0.478 e. The van der Waals surface area contributed by atoms with E-state index in [0.717, 1.165) is 0 Å². The number of fused-ring (bicyclic) bond motifs is 1. The van der Waals surface area contributed by atoms with E-state index >= 15 is 0 Å². The molecule has 0 aromatic heterocycles. The van der Waals surface area contributed by atoms with Gasteiger partial charge in [0, 0.05) is 22.1 Å². The standard InChI is InChI=1S/C11H10N2O2/c12-8-5-9(13)10(11(14)15)7-4-2-1-3-6(7)8/h1-5H,12-13H2,(H,14,15). The molecule has 0 amide bonds. The van der Waals surface area contributed by atoms with Gasteiger partial charge in [-0.15, -0.1) is 0 Å².